The molecule has 2 aromatic carbocycles. The number of benzene rings is 2. The van der Waals surface area contributed by atoms with Gasteiger partial charge in [0.05, 0.1) is 0 Å². The van der Waals surface area contributed by atoms with Gasteiger partial charge in [-0.1, -0.05) is 0 Å². The second-order valence-electron chi connectivity index (χ2n) is 5.07. The van der Waals surface area contributed by atoms with Gasteiger partial charge in [-0.25, -0.2) is 0 Å². The van der Waals surface area contributed by atoms with Crippen molar-refractivity contribution in [2.45, 2.75) is 6.54 Å². The summed E-state index contributed by atoms with van der Waals surface area (Å²) in [6.45, 7) is 0.503. The molecule has 0 radical (unpaired) electrons. The normalized spacial score (nSPS) is 11.6. The summed E-state index contributed by atoms with van der Waals surface area (Å²) in [5.41, 5.74) is 0.802. The van der Waals surface area contributed by atoms with Crippen molar-refractivity contribution < 1.29 is 22.0 Å². The number of rotatable bonds is 4. The molecule has 0 amide bonds. The second kappa shape index (κ2) is 7.53. The standard InChI is InChI=1S/C9H12N.C6F5.Bi.BrH/c1-10(2)8-9-6-4-3-5-7-9;7-2-1-3(8)5(10)6(11)4(2)9;;/h3-6H,8H2,1-2H3;;;1H/q;;+1;/p-1. The molecule has 2 aromatic rings. The Morgan fingerprint density at radius 1 is 0.870 bits per heavy atom. The van der Waals surface area contributed by atoms with Crippen LogP contribution >= 0.6 is 12.2 Å². The van der Waals surface area contributed by atoms with Gasteiger partial charge in [0.25, 0.3) is 0 Å². The van der Waals surface area contributed by atoms with Gasteiger partial charge < -0.3 is 0 Å². The van der Waals surface area contributed by atoms with Gasteiger partial charge in [0, 0.05) is 0 Å². The molecule has 0 aliphatic rings. The molecule has 0 saturated carbocycles. The first-order valence-corrected chi connectivity index (χ1v) is 17.5. The van der Waals surface area contributed by atoms with Gasteiger partial charge in [0.1, 0.15) is 0 Å². The average molecular weight is 590 g/mol. The Bertz CT molecular complexity index is 709. The summed E-state index contributed by atoms with van der Waals surface area (Å²) in [6.07, 6.45) is 0. The van der Waals surface area contributed by atoms with E-state index in [0.29, 0.717) is 9.82 Å². The summed E-state index contributed by atoms with van der Waals surface area (Å²) in [6, 6.07) is 6.91. The minimum atomic E-state index is -3.54. The van der Waals surface area contributed by atoms with Crippen molar-refractivity contribution in [2.75, 3.05) is 14.1 Å². The Balaban J connectivity index is 2.61. The van der Waals surface area contributed by atoms with Crippen LogP contribution in [0.4, 0.5) is 22.0 Å². The molecule has 0 atom stereocenters. The summed E-state index contributed by atoms with van der Waals surface area (Å²) in [5.74, 6) is -9.41. The van der Waals surface area contributed by atoms with E-state index in [4.69, 9.17) is 0 Å². The maximum atomic E-state index is 14.0. The van der Waals surface area contributed by atoms with E-state index in [1.807, 2.05) is 19.0 Å². The molecular formula is C15H12BiBrF5N. The van der Waals surface area contributed by atoms with Crippen LogP contribution in [0.2, 0.25) is 0 Å². The molecular weight excluding hydrogens is 578 g/mol. The zero-order chi connectivity index (χ0) is 17.3. The summed E-state index contributed by atoms with van der Waals surface area (Å²) >= 11 is -0.260. The molecule has 124 valence electrons. The summed E-state index contributed by atoms with van der Waals surface area (Å²) in [7, 11) is 3.65. The van der Waals surface area contributed by atoms with Crippen molar-refractivity contribution in [3.8, 4) is 0 Å². The fourth-order valence-corrected chi connectivity index (χ4v) is 13.3. The third-order valence-corrected chi connectivity index (χ3v) is 15.9. The van der Waals surface area contributed by atoms with E-state index in [1.165, 1.54) is 0 Å². The summed E-state index contributed by atoms with van der Waals surface area (Å²) in [5, 5.41) is 0. The number of nitrogens with zero attached hydrogens (tertiary/aromatic N) is 1. The Hall–Kier alpha value is -0.587. The Kier molecular flexibility index (Phi) is 6.14. The van der Waals surface area contributed by atoms with Crippen molar-refractivity contribution in [3.63, 3.8) is 0 Å². The summed E-state index contributed by atoms with van der Waals surface area (Å²) in [4.78, 5) is 1.86. The monoisotopic (exact) mass is 589 g/mol. The first kappa shape index (κ1) is 18.7. The number of hydrogen-bond donors (Lipinski definition) is 0. The maximum absolute atomic E-state index is 14.0. The van der Waals surface area contributed by atoms with Gasteiger partial charge in [-0.05, 0) is 0 Å². The van der Waals surface area contributed by atoms with E-state index in [-0.39, 0.29) is 0 Å². The van der Waals surface area contributed by atoms with Crippen LogP contribution in [-0.2, 0) is 6.54 Å². The van der Waals surface area contributed by atoms with E-state index in [0.717, 1.165) is 5.56 Å². The van der Waals surface area contributed by atoms with Crippen molar-refractivity contribution in [2.24, 2.45) is 0 Å². The van der Waals surface area contributed by atoms with Crippen LogP contribution in [0.1, 0.15) is 5.56 Å². The van der Waals surface area contributed by atoms with Crippen molar-refractivity contribution in [1.29, 1.82) is 0 Å². The molecule has 0 heterocycles. The van der Waals surface area contributed by atoms with Crippen LogP contribution in [0, 0.1) is 29.1 Å². The van der Waals surface area contributed by atoms with Crippen LogP contribution in [-0.4, -0.2) is 38.4 Å². The molecule has 0 aromatic heterocycles. The fourth-order valence-electron chi connectivity index (χ4n) is 2.06. The van der Waals surface area contributed by atoms with Gasteiger partial charge in [-0.3, -0.25) is 0 Å². The SMILES string of the molecule is CN(C)Cc1cccc[c]1[Bi]([Br])[c]1c(F)c(F)c(F)c(F)c1F. The molecule has 2 rings (SSSR count). The molecule has 0 N–H and O–H groups in total. The average Bonchev–Trinajstić information content (AvgIpc) is 2.51. The predicted octanol–water partition coefficient (Wildman–Crippen LogP) is 2.94. The molecule has 0 fully saturated rings. The van der Waals surface area contributed by atoms with Gasteiger partial charge in [-0.15, -0.1) is 0 Å². The topological polar surface area (TPSA) is 3.24 Å². The molecule has 0 aliphatic heterocycles. The molecule has 0 saturated heterocycles. The van der Waals surface area contributed by atoms with E-state index in [9.17, 15) is 22.0 Å². The van der Waals surface area contributed by atoms with Crippen LogP contribution in [0.15, 0.2) is 24.3 Å². The Morgan fingerprint density at radius 3 is 1.87 bits per heavy atom. The zero-order valence-corrected chi connectivity index (χ0v) is 17.2. The first-order chi connectivity index (χ1) is 10.8. The van der Waals surface area contributed by atoms with Gasteiger partial charge in [-0.2, -0.15) is 0 Å². The van der Waals surface area contributed by atoms with E-state index in [2.05, 4.69) is 12.2 Å². The molecule has 0 bridgehead atoms. The van der Waals surface area contributed by atoms with Crippen LogP contribution in [0.25, 0.3) is 0 Å². The van der Waals surface area contributed by atoms with Crippen molar-refractivity contribution >= 4 is 38.2 Å². The molecule has 0 aliphatic carbocycles. The van der Waals surface area contributed by atoms with Gasteiger partial charge in [0.15, 0.2) is 0 Å². The first-order valence-electron chi connectivity index (χ1n) is 6.45. The molecule has 1 nitrogen and oxygen atoms in total. The molecule has 23 heavy (non-hydrogen) atoms. The van der Waals surface area contributed by atoms with Crippen molar-refractivity contribution in [3.05, 3.63) is 58.9 Å². The summed E-state index contributed by atoms with van der Waals surface area (Å²) < 4.78 is 68.0. The zero-order valence-electron chi connectivity index (χ0n) is 12.2. The van der Waals surface area contributed by atoms with E-state index < -0.39 is 51.8 Å². The fraction of sp³-hybridized carbons (Fsp3) is 0.200. The van der Waals surface area contributed by atoms with Crippen LogP contribution < -0.4 is 6.54 Å². The predicted molar refractivity (Wildman–Crippen MR) is 84.0 cm³/mol. The third kappa shape index (κ3) is 3.75. The van der Waals surface area contributed by atoms with Gasteiger partial charge >= 0.3 is 145 Å². The molecule has 0 unspecified atom stereocenters. The quantitative estimate of drug-likeness (QED) is 0.230. The van der Waals surface area contributed by atoms with Crippen LogP contribution in [0.5, 0.6) is 0 Å². The number of halogens is 6. The molecule has 8 heteroatoms. The van der Waals surface area contributed by atoms with Gasteiger partial charge in [0.2, 0.25) is 0 Å². The van der Waals surface area contributed by atoms with Crippen molar-refractivity contribution in [1.82, 2.24) is 4.90 Å². The Morgan fingerprint density at radius 2 is 1.35 bits per heavy atom. The third-order valence-electron chi connectivity index (χ3n) is 3.07. The van der Waals surface area contributed by atoms with Crippen LogP contribution in [0.3, 0.4) is 0 Å². The number of hydrogen-bond acceptors (Lipinski definition) is 1. The van der Waals surface area contributed by atoms with E-state index in [1.54, 1.807) is 24.3 Å². The Labute approximate surface area is 144 Å². The molecule has 0 spiro atoms. The minimum absolute atomic E-state index is 0.503. The van der Waals surface area contributed by atoms with E-state index >= 15 is 0 Å². The second-order valence-corrected chi connectivity index (χ2v) is 17.1.